The molecule has 10 heteroatoms. The second-order valence-electron chi connectivity index (χ2n) is 5.34. The third kappa shape index (κ3) is 3.40. The zero-order valence-corrected chi connectivity index (χ0v) is 14.7. The van der Waals surface area contributed by atoms with Crippen LogP contribution in [0, 0.1) is 5.82 Å². The van der Waals surface area contributed by atoms with Crippen molar-refractivity contribution in [3.63, 3.8) is 0 Å². The molecule has 146 valence electrons. The number of alkyl halides is 3. The first-order chi connectivity index (χ1) is 13.3. The minimum Gasteiger partial charge on any atom is -0.441 e. The number of nitrogens with zero attached hydrogens (tertiary/aromatic N) is 4. The van der Waals surface area contributed by atoms with Gasteiger partial charge < -0.3 is 4.42 Å². The Morgan fingerprint density at radius 1 is 1.07 bits per heavy atom. The summed E-state index contributed by atoms with van der Waals surface area (Å²) in [5, 5.41) is 0.0926. The quantitative estimate of drug-likeness (QED) is 0.470. The molecular formula is C18H14F4N4O2. The SMILES string of the molecule is CC.O=c1nc2c(ccn2C(F)(F)F)cn1-c1ncoc1-c1ccc(F)cc1. The van der Waals surface area contributed by atoms with Crippen LogP contribution >= 0.6 is 0 Å². The zero-order chi connectivity index (χ0) is 20.5. The van der Waals surface area contributed by atoms with Gasteiger partial charge in [-0.2, -0.15) is 9.97 Å². The molecule has 0 aliphatic rings. The maximum absolute atomic E-state index is 13.1. The summed E-state index contributed by atoms with van der Waals surface area (Å²) in [4.78, 5) is 19.7. The molecule has 4 rings (SSSR count). The first kappa shape index (κ1) is 19.3. The van der Waals surface area contributed by atoms with Gasteiger partial charge >= 0.3 is 12.0 Å². The molecule has 28 heavy (non-hydrogen) atoms. The van der Waals surface area contributed by atoms with Crippen molar-refractivity contribution in [1.82, 2.24) is 19.1 Å². The summed E-state index contributed by atoms with van der Waals surface area (Å²) in [6.45, 7) is 4.00. The van der Waals surface area contributed by atoms with E-state index in [0.717, 1.165) is 17.2 Å². The highest BCUT2D eigenvalue weighted by molar-refractivity contribution is 5.76. The minimum atomic E-state index is -4.69. The summed E-state index contributed by atoms with van der Waals surface area (Å²) in [5.41, 5.74) is -1.02. The van der Waals surface area contributed by atoms with Gasteiger partial charge in [-0.15, -0.1) is 13.2 Å². The lowest BCUT2D eigenvalue weighted by molar-refractivity contribution is -0.201. The number of oxazole rings is 1. The number of hydrogen-bond donors (Lipinski definition) is 0. The van der Waals surface area contributed by atoms with Crippen molar-refractivity contribution in [3.05, 3.63) is 65.4 Å². The monoisotopic (exact) mass is 394 g/mol. The van der Waals surface area contributed by atoms with Crippen molar-refractivity contribution >= 4 is 11.0 Å². The maximum atomic E-state index is 13.1. The molecule has 6 nitrogen and oxygen atoms in total. The largest absolute Gasteiger partial charge is 0.490 e. The van der Waals surface area contributed by atoms with Gasteiger partial charge in [0.05, 0.1) is 0 Å². The summed E-state index contributed by atoms with van der Waals surface area (Å²) in [5.74, 6) is -0.261. The lowest BCUT2D eigenvalue weighted by Gasteiger charge is -2.09. The summed E-state index contributed by atoms with van der Waals surface area (Å²) in [7, 11) is 0. The van der Waals surface area contributed by atoms with Crippen molar-refractivity contribution in [2.24, 2.45) is 0 Å². The third-order valence-corrected chi connectivity index (χ3v) is 3.72. The van der Waals surface area contributed by atoms with Crippen LogP contribution in [0.1, 0.15) is 13.8 Å². The number of halogens is 4. The smallest absolute Gasteiger partial charge is 0.441 e. The molecule has 0 bridgehead atoms. The number of hydrogen-bond acceptors (Lipinski definition) is 4. The molecule has 0 aliphatic heterocycles. The van der Waals surface area contributed by atoms with Crippen LogP contribution in [0.15, 0.2) is 58.3 Å². The third-order valence-electron chi connectivity index (χ3n) is 3.72. The second kappa shape index (κ2) is 7.29. The average molecular weight is 394 g/mol. The predicted molar refractivity (Wildman–Crippen MR) is 93.4 cm³/mol. The Bertz CT molecular complexity index is 1160. The highest BCUT2D eigenvalue weighted by Crippen LogP contribution is 2.28. The van der Waals surface area contributed by atoms with E-state index in [2.05, 4.69) is 9.97 Å². The van der Waals surface area contributed by atoms with Gasteiger partial charge in [0.25, 0.3) is 0 Å². The molecule has 0 unspecified atom stereocenters. The van der Waals surface area contributed by atoms with Crippen LogP contribution in [0.2, 0.25) is 0 Å². The van der Waals surface area contributed by atoms with E-state index in [-0.39, 0.29) is 21.5 Å². The Hall–Kier alpha value is -3.43. The topological polar surface area (TPSA) is 65.8 Å². The van der Waals surface area contributed by atoms with Crippen molar-refractivity contribution in [2.75, 3.05) is 0 Å². The molecule has 0 saturated carbocycles. The van der Waals surface area contributed by atoms with Gasteiger partial charge in [-0.25, -0.2) is 18.3 Å². The van der Waals surface area contributed by atoms with E-state index in [4.69, 9.17) is 4.42 Å². The standard InChI is InChI=1S/C16H8F4N4O2.C2H6/c17-11-3-1-9(2-4-11)12-14(21-8-26-12)23-7-10-5-6-24(16(18,19)20)13(10)22-15(23)25;1-2/h1-8H;1-2H3. The highest BCUT2D eigenvalue weighted by Gasteiger charge is 2.32. The second-order valence-corrected chi connectivity index (χ2v) is 5.34. The van der Waals surface area contributed by atoms with Gasteiger partial charge in [-0.1, -0.05) is 13.8 Å². The Morgan fingerprint density at radius 2 is 1.75 bits per heavy atom. The molecule has 4 aromatic rings. The van der Waals surface area contributed by atoms with Crippen LogP contribution in [0.5, 0.6) is 0 Å². The van der Waals surface area contributed by atoms with Gasteiger partial charge in [0.15, 0.2) is 23.6 Å². The molecule has 0 aliphatic carbocycles. The van der Waals surface area contributed by atoms with Gasteiger partial charge in [0, 0.05) is 23.3 Å². The van der Waals surface area contributed by atoms with E-state index in [9.17, 15) is 22.4 Å². The minimum absolute atomic E-state index is 0.0377. The van der Waals surface area contributed by atoms with Crippen molar-refractivity contribution in [3.8, 4) is 17.1 Å². The van der Waals surface area contributed by atoms with Crippen LogP contribution in [-0.4, -0.2) is 19.1 Å². The summed E-state index contributed by atoms with van der Waals surface area (Å²) >= 11 is 0. The van der Waals surface area contributed by atoms with Crippen LogP contribution < -0.4 is 5.69 Å². The van der Waals surface area contributed by atoms with E-state index < -0.39 is 23.5 Å². The molecule has 0 fully saturated rings. The van der Waals surface area contributed by atoms with Gasteiger partial charge in [-0.05, 0) is 30.3 Å². The Labute approximate surface area is 155 Å². The van der Waals surface area contributed by atoms with Crippen molar-refractivity contribution in [1.29, 1.82) is 0 Å². The summed E-state index contributed by atoms with van der Waals surface area (Å²) < 4.78 is 58.1. The molecule has 0 saturated heterocycles. The molecule has 0 spiro atoms. The number of fused-ring (bicyclic) bond motifs is 1. The highest BCUT2D eigenvalue weighted by atomic mass is 19.4. The van der Waals surface area contributed by atoms with Crippen LogP contribution in [-0.2, 0) is 6.30 Å². The van der Waals surface area contributed by atoms with E-state index in [1.54, 1.807) is 0 Å². The Balaban J connectivity index is 0.00000109. The first-order valence-electron chi connectivity index (χ1n) is 8.22. The number of benzene rings is 1. The Kier molecular flexibility index (Phi) is 5.04. The van der Waals surface area contributed by atoms with E-state index in [1.807, 2.05) is 13.8 Å². The lowest BCUT2D eigenvalue weighted by Crippen LogP contribution is -2.24. The maximum Gasteiger partial charge on any atom is 0.490 e. The van der Waals surface area contributed by atoms with Crippen LogP contribution in [0.3, 0.4) is 0 Å². The molecule has 3 aromatic heterocycles. The fourth-order valence-corrected chi connectivity index (χ4v) is 2.56. The molecular weight excluding hydrogens is 380 g/mol. The van der Waals surface area contributed by atoms with Crippen LogP contribution in [0.4, 0.5) is 17.6 Å². The fraction of sp³-hybridized carbons (Fsp3) is 0.167. The zero-order valence-electron chi connectivity index (χ0n) is 14.7. The van der Waals surface area contributed by atoms with E-state index >= 15 is 0 Å². The van der Waals surface area contributed by atoms with Crippen LogP contribution in [0.25, 0.3) is 28.2 Å². The normalized spacial score (nSPS) is 11.4. The number of aromatic nitrogens is 4. The van der Waals surface area contributed by atoms with E-state index in [0.29, 0.717) is 5.56 Å². The molecule has 0 radical (unpaired) electrons. The van der Waals surface area contributed by atoms with E-state index in [1.165, 1.54) is 36.5 Å². The number of rotatable bonds is 2. The summed E-state index contributed by atoms with van der Waals surface area (Å²) in [6, 6.07) is 6.45. The molecule has 0 atom stereocenters. The Morgan fingerprint density at radius 3 is 2.39 bits per heavy atom. The lowest BCUT2D eigenvalue weighted by atomic mass is 10.2. The first-order valence-corrected chi connectivity index (χ1v) is 8.22. The summed E-state index contributed by atoms with van der Waals surface area (Å²) in [6.07, 6.45) is -1.64. The average Bonchev–Trinajstić information content (AvgIpc) is 3.29. The fourth-order valence-electron chi connectivity index (χ4n) is 2.56. The molecule has 1 aromatic carbocycles. The molecule has 0 amide bonds. The van der Waals surface area contributed by atoms with Gasteiger partial charge in [-0.3, -0.25) is 0 Å². The molecule has 0 N–H and O–H groups in total. The molecule has 3 heterocycles. The van der Waals surface area contributed by atoms with Gasteiger partial charge in [0.1, 0.15) is 5.82 Å². The van der Waals surface area contributed by atoms with Gasteiger partial charge in [0.2, 0.25) is 0 Å². The van der Waals surface area contributed by atoms with Crippen molar-refractivity contribution in [2.45, 2.75) is 20.1 Å². The predicted octanol–water partition coefficient (Wildman–Crippen LogP) is 4.48. The van der Waals surface area contributed by atoms with Crippen molar-refractivity contribution < 1.29 is 22.0 Å².